The number of sulfone groups is 1. The van der Waals surface area contributed by atoms with Crippen LogP contribution in [0.5, 0.6) is 0 Å². The van der Waals surface area contributed by atoms with E-state index in [0.29, 0.717) is 5.75 Å². The highest BCUT2D eigenvalue weighted by molar-refractivity contribution is 8.00. The number of nitriles is 1. The summed E-state index contributed by atoms with van der Waals surface area (Å²) >= 11 is 1.68. The highest BCUT2D eigenvalue weighted by atomic mass is 32.2. The standard InChI is InChI=1S/C11H21NO2S2/c1-11(2,10-12)6-4-5-7-15-8-9-16(3,13)14/h4-9H2,1-3H3. The van der Waals surface area contributed by atoms with Gasteiger partial charge in [-0.05, 0) is 32.4 Å². The van der Waals surface area contributed by atoms with Crippen LogP contribution < -0.4 is 0 Å². The molecule has 0 saturated carbocycles. The minimum atomic E-state index is -2.81. The third-order valence-corrected chi connectivity index (χ3v) is 4.52. The van der Waals surface area contributed by atoms with E-state index in [2.05, 4.69) is 6.07 Å². The Bertz CT molecular complexity index is 328. The van der Waals surface area contributed by atoms with Gasteiger partial charge in [-0.1, -0.05) is 6.42 Å². The van der Waals surface area contributed by atoms with Gasteiger partial charge in [-0.2, -0.15) is 17.0 Å². The number of hydrogen-bond donors (Lipinski definition) is 0. The average Bonchev–Trinajstić information content (AvgIpc) is 2.14. The van der Waals surface area contributed by atoms with Crippen molar-refractivity contribution in [2.24, 2.45) is 5.41 Å². The molecule has 0 aromatic heterocycles. The summed E-state index contributed by atoms with van der Waals surface area (Å²) in [5, 5.41) is 8.80. The Hall–Kier alpha value is -0.210. The van der Waals surface area contributed by atoms with Crippen LogP contribution in [0.1, 0.15) is 33.1 Å². The first-order valence-electron chi connectivity index (χ1n) is 5.43. The Morgan fingerprint density at radius 2 is 1.88 bits per heavy atom. The van der Waals surface area contributed by atoms with Gasteiger partial charge in [-0.15, -0.1) is 0 Å². The van der Waals surface area contributed by atoms with E-state index in [1.807, 2.05) is 13.8 Å². The van der Waals surface area contributed by atoms with Crippen molar-refractivity contribution in [1.29, 1.82) is 5.26 Å². The Balaban J connectivity index is 3.40. The maximum absolute atomic E-state index is 10.8. The molecule has 0 heterocycles. The zero-order valence-corrected chi connectivity index (χ0v) is 12.0. The molecule has 5 heteroatoms. The molecular weight excluding hydrogens is 242 g/mol. The number of unbranched alkanes of at least 4 members (excludes halogenated alkanes) is 1. The minimum absolute atomic E-state index is 0.225. The molecule has 0 rings (SSSR count). The molecule has 94 valence electrons. The smallest absolute Gasteiger partial charge is 0.148 e. The molecule has 0 fully saturated rings. The molecule has 0 spiro atoms. The molecule has 0 aliphatic rings. The van der Waals surface area contributed by atoms with Gasteiger partial charge in [0.05, 0.1) is 17.2 Å². The van der Waals surface area contributed by atoms with Crippen molar-refractivity contribution < 1.29 is 8.42 Å². The van der Waals surface area contributed by atoms with Crippen LogP contribution >= 0.6 is 11.8 Å². The molecule has 0 bridgehead atoms. The van der Waals surface area contributed by atoms with Gasteiger partial charge in [-0.3, -0.25) is 0 Å². The fourth-order valence-corrected chi connectivity index (χ4v) is 3.43. The molecule has 0 unspecified atom stereocenters. The third-order valence-electron chi connectivity index (χ3n) is 2.24. The van der Waals surface area contributed by atoms with E-state index in [1.54, 1.807) is 11.8 Å². The van der Waals surface area contributed by atoms with Crippen LogP contribution in [0.25, 0.3) is 0 Å². The van der Waals surface area contributed by atoms with Crippen LogP contribution in [0.2, 0.25) is 0 Å². The normalized spacial score (nSPS) is 12.4. The maximum atomic E-state index is 10.8. The second-order valence-corrected chi connectivity index (χ2v) is 8.18. The van der Waals surface area contributed by atoms with Gasteiger partial charge in [-0.25, -0.2) is 8.42 Å². The maximum Gasteiger partial charge on any atom is 0.148 e. The fourth-order valence-electron chi connectivity index (χ4n) is 1.14. The third kappa shape index (κ3) is 10.3. The second kappa shape index (κ2) is 7.18. The molecular formula is C11H21NO2S2. The minimum Gasteiger partial charge on any atom is -0.229 e. The second-order valence-electron chi connectivity index (χ2n) is 4.70. The largest absolute Gasteiger partial charge is 0.229 e. The SMILES string of the molecule is CC(C)(C#N)CCCCSCCS(C)(=O)=O. The first-order chi connectivity index (χ1) is 7.27. The quantitative estimate of drug-likeness (QED) is 0.631. The molecule has 0 aliphatic heterocycles. The summed E-state index contributed by atoms with van der Waals surface area (Å²) in [6.45, 7) is 3.90. The molecule has 0 amide bonds. The van der Waals surface area contributed by atoms with E-state index in [4.69, 9.17) is 5.26 Å². The highest BCUT2D eigenvalue weighted by Gasteiger charge is 2.15. The Morgan fingerprint density at radius 1 is 1.25 bits per heavy atom. The topological polar surface area (TPSA) is 57.9 Å². The average molecular weight is 263 g/mol. The van der Waals surface area contributed by atoms with E-state index in [-0.39, 0.29) is 11.2 Å². The molecule has 0 aliphatic carbocycles. The molecule has 0 aromatic carbocycles. The van der Waals surface area contributed by atoms with Crippen LogP contribution in [0, 0.1) is 16.7 Å². The zero-order valence-electron chi connectivity index (χ0n) is 10.3. The molecule has 0 aromatic rings. The summed E-state index contributed by atoms with van der Waals surface area (Å²) in [5.41, 5.74) is -0.225. The van der Waals surface area contributed by atoms with Gasteiger partial charge in [0.1, 0.15) is 9.84 Å². The van der Waals surface area contributed by atoms with Crippen LogP contribution in [0.3, 0.4) is 0 Å². The van der Waals surface area contributed by atoms with Gasteiger partial charge >= 0.3 is 0 Å². The van der Waals surface area contributed by atoms with Gasteiger partial charge in [0.15, 0.2) is 0 Å². The number of nitrogens with zero attached hydrogens (tertiary/aromatic N) is 1. The van der Waals surface area contributed by atoms with Crippen molar-refractivity contribution in [1.82, 2.24) is 0 Å². The first-order valence-corrected chi connectivity index (χ1v) is 8.65. The summed E-state index contributed by atoms with van der Waals surface area (Å²) in [4.78, 5) is 0. The lowest BCUT2D eigenvalue weighted by Crippen LogP contribution is -2.07. The lowest BCUT2D eigenvalue weighted by Gasteiger charge is -2.13. The molecule has 3 nitrogen and oxygen atoms in total. The van der Waals surface area contributed by atoms with E-state index in [1.165, 1.54) is 6.26 Å². The van der Waals surface area contributed by atoms with E-state index in [0.717, 1.165) is 25.0 Å². The van der Waals surface area contributed by atoms with Crippen LogP contribution in [0.15, 0.2) is 0 Å². The van der Waals surface area contributed by atoms with Crippen LogP contribution in [-0.4, -0.2) is 31.9 Å². The number of thioether (sulfide) groups is 1. The Kier molecular flexibility index (Phi) is 7.09. The summed E-state index contributed by atoms with van der Waals surface area (Å²) in [6.07, 6.45) is 4.27. The van der Waals surface area contributed by atoms with Crippen molar-refractivity contribution in [3.8, 4) is 6.07 Å². The van der Waals surface area contributed by atoms with Crippen LogP contribution in [0.4, 0.5) is 0 Å². The zero-order chi connectivity index (χ0) is 12.7. The Labute approximate surface area is 104 Å². The molecule has 0 atom stereocenters. The number of hydrogen-bond acceptors (Lipinski definition) is 4. The van der Waals surface area contributed by atoms with Crippen molar-refractivity contribution in [2.45, 2.75) is 33.1 Å². The lowest BCUT2D eigenvalue weighted by atomic mass is 9.89. The van der Waals surface area contributed by atoms with E-state index in [9.17, 15) is 8.42 Å². The summed E-state index contributed by atoms with van der Waals surface area (Å²) < 4.78 is 21.7. The van der Waals surface area contributed by atoms with Gasteiger partial charge in [0.25, 0.3) is 0 Å². The predicted octanol–water partition coefficient (Wildman–Crippen LogP) is 2.48. The highest BCUT2D eigenvalue weighted by Crippen LogP contribution is 2.22. The predicted molar refractivity (Wildman–Crippen MR) is 70.3 cm³/mol. The molecule has 0 N–H and O–H groups in total. The van der Waals surface area contributed by atoms with Crippen molar-refractivity contribution in [3.05, 3.63) is 0 Å². The molecule has 16 heavy (non-hydrogen) atoms. The molecule has 0 saturated heterocycles. The van der Waals surface area contributed by atoms with Gasteiger partial charge < -0.3 is 0 Å². The summed E-state index contributed by atoms with van der Waals surface area (Å²) in [7, 11) is -2.81. The molecule has 0 radical (unpaired) electrons. The Morgan fingerprint density at radius 3 is 2.38 bits per heavy atom. The van der Waals surface area contributed by atoms with Crippen molar-refractivity contribution in [2.75, 3.05) is 23.5 Å². The number of rotatable bonds is 8. The summed E-state index contributed by atoms with van der Waals surface area (Å²) in [6, 6.07) is 2.28. The van der Waals surface area contributed by atoms with E-state index >= 15 is 0 Å². The summed E-state index contributed by atoms with van der Waals surface area (Å²) in [5.74, 6) is 1.93. The lowest BCUT2D eigenvalue weighted by molar-refractivity contribution is 0.433. The van der Waals surface area contributed by atoms with Gasteiger partial charge in [0, 0.05) is 12.0 Å². The van der Waals surface area contributed by atoms with Crippen LogP contribution in [-0.2, 0) is 9.84 Å². The van der Waals surface area contributed by atoms with Gasteiger partial charge in [0.2, 0.25) is 0 Å². The fraction of sp³-hybridized carbons (Fsp3) is 0.909. The van der Waals surface area contributed by atoms with Crippen molar-refractivity contribution in [3.63, 3.8) is 0 Å². The monoisotopic (exact) mass is 263 g/mol. The van der Waals surface area contributed by atoms with Crippen molar-refractivity contribution >= 4 is 21.6 Å². The first kappa shape index (κ1) is 15.8. The van der Waals surface area contributed by atoms with E-state index < -0.39 is 9.84 Å².